The highest BCUT2D eigenvalue weighted by Gasteiger charge is 2.37. The lowest BCUT2D eigenvalue weighted by molar-refractivity contribution is -0.143. The van der Waals surface area contributed by atoms with Gasteiger partial charge in [-0.15, -0.1) is 0 Å². The fourth-order valence-electron chi connectivity index (χ4n) is 8.42. The summed E-state index contributed by atoms with van der Waals surface area (Å²) in [6, 6.07) is 7.77. The van der Waals surface area contributed by atoms with Crippen LogP contribution in [-0.2, 0) is 20.7 Å². The average molecular weight is 690 g/mol. The predicted octanol–water partition coefficient (Wildman–Crippen LogP) is 3.07. The second kappa shape index (κ2) is 16.5. The number of carbonyl (C=O) groups is 4. The molecule has 6 rings (SSSR count). The van der Waals surface area contributed by atoms with Gasteiger partial charge >= 0.3 is 18.1 Å². The van der Waals surface area contributed by atoms with E-state index in [1.165, 1.54) is 0 Å². The number of likely N-dealkylation sites (tertiary alicyclic amines) is 3. The van der Waals surface area contributed by atoms with Crippen LogP contribution in [0.4, 0.5) is 15.3 Å². The van der Waals surface area contributed by atoms with Gasteiger partial charge in [0.1, 0.15) is 7.85 Å². The van der Waals surface area contributed by atoms with Crippen molar-refractivity contribution in [2.75, 3.05) is 57.7 Å². The lowest BCUT2D eigenvalue weighted by Crippen LogP contribution is -2.51. The van der Waals surface area contributed by atoms with E-state index >= 15 is 0 Å². The molecule has 4 heterocycles. The number of carbonyl (C=O) groups excluding carboxylic acids is 3. The van der Waals surface area contributed by atoms with Crippen molar-refractivity contribution in [1.29, 1.82) is 0 Å². The van der Waals surface area contributed by atoms with Crippen LogP contribution < -0.4 is 5.32 Å². The van der Waals surface area contributed by atoms with E-state index in [-0.39, 0.29) is 30.8 Å². The number of rotatable bonds is 9. The van der Waals surface area contributed by atoms with E-state index in [2.05, 4.69) is 10.2 Å². The lowest BCUT2D eigenvalue weighted by Gasteiger charge is -2.41. The Morgan fingerprint density at radius 1 is 0.920 bits per heavy atom. The maximum atomic E-state index is 14.0. The summed E-state index contributed by atoms with van der Waals surface area (Å²) in [5.74, 6) is 0.171. The van der Waals surface area contributed by atoms with Crippen molar-refractivity contribution in [2.45, 2.75) is 82.5 Å². The summed E-state index contributed by atoms with van der Waals surface area (Å²) in [5.41, 5.74) is 3.68. The van der Waals surface area contributed by atoms with Gasteiger partial charge in [0, 0.05) is 57.4 Å². The first-order chi connectivity index (χ1) is 24.1. The zero-order valence-corrected chi connectivity index (χ0v) is 29.3. The molecule has 5 aliphatic rings. The Kier molecular flexibility index (Phi) is 11.8. The van der Waals surface area contributed by atoms with E-state index in [0.717, 1.165) is 67.5 Å². The van der Waals surface area contributed by atoms with Crippen molar-refractivity contribution in [2.24, 2.45) is 11.8 Å². The highest BCUT2D eigenvalue weighted by molar-refractivity contribution is 6.22. The predicted molar refractivity (Wildman–Crippen MR) is 191 cm³/mol. The number of nitrogens with zero attached hydrogens (tertiary/aromatic N) is 4. The van der Waals surface area contributed by atoms with Crippen molar-refractivity contribution in [3.8, 4) is 0 Å². The number of para-hydroxylation sites is 1. The van der Waals surface area contributed by atoms with Crippen LogP contribution in [0.1, 0.15) is 63.4 Å². The Bertz CT molecular complexity index is 1460. The van der Waals surface area contributed by atoms with Crippen LogP contribution in [0.25, 0.3) is 0 Å². The summed E-state index contributed by atoms with van der Waals surface area (Å²) in [6.45, 7) is 5.18. The number of benzene rings is 1. The van der Waals surface area contributed by atoms with Gasteiger partial charge in [-0.2, -0.15) is 0 Å². The Hall–Kier alpha value is -3.84. The van der Waals surface area contributed by atoms with Gasteiger partial charge in [-0.1, -0.05) is 35.8 Å². The van der Waals surface area contributed by atoms with Crippen LogP contribution in [0.15, 0.2) is 47.5 Å². The minimum atomic E-state index is -0.963. The number of hydrogen-bond acceptors (Lipinski definition) is 7. The number of anilines is 1. The number of piperidine rings is 3. The molecule has 4 amide bonds. The zero-order chi connectivity index (χ0) is 35.2. The molecule has 0 bridgehead atoms. The van der Waals surface area contributed by atoms with E-state index in [0.29, 0.717) is 70.4 Å². The van der Waals surface area contributed by atoms with Gasteiger partial charge in [-0.05, 0) is 93.5 Å². The van der Waals surface area contributed by atoms with E-state index in [1.54, 1.807) is 4.90 Å². The Labute approximate surface area is 295 Å². The quantitative estimate of drug-likeness (QED) is 0.336. The molecule has 1 aromatic rings. The third kappa shape index (κ3) is 8.90. The second-order valence-electron chi connectivity index (χ2n) is 14.7. The Morgan fingerprint density at radius 2 is 1.58 bits per heavy atom. The molecule has 2 atom stereocenters. The van der Waals surface area contributed by atoms with Crippen molar-refractivity contribution in [3.63, 3.8) is 0 Å². The highest BCUT2D eigenvalue weighted by atomic mass is 16.6. The van der Waals surface area contributed by atoms with Gasteiger partial charge in [0.25, 0.3) is 5.91 Å². The number of urea groups is 1. The topological polar surface area (TPSA) is 143 Å². The molecular weight excluding hydrogens is 637 g/mol. The number of allylic oxidation sites excluding steroid dienone is 1. The van der Waals surface area contributed by atoms with Gasteiger partial charge in [0.2, 0.25) is 0 Å². The second-order valence-corrected chi connectivity index (χ2v) is 14.7. The smallest absolute Gasteiger partial charge is 0.410 e. The SMILES string of the molecule is BC1=CC(C[C@@H](OC(=O)N2CCC(N3CCc4ccccc4NC3=O)CC2)C(=O)N2CCC(C3CCN(CCC(=O)O)CC3)CC2)=CCC1O. The average Bonchev–Trinajstić information content (AvgIpc) is 3.30. The number of nitrogens with one attached hydrogen (secondary N) is 1. The number of aliphatic hydroxyl groups is 1. The van der Waals surface area contributed by atoms with Crippen LogP contribution in [0, 0.1) is 11.8 Å². The molecule has 3 fully saturated rings. The third-order valence-corrected chi connectivity index (χ3v) is 11.6. The van der Waals surface area contributed by atoms with E-state index in [1.807, 2.05) is 54.1 Å². The van der Waals surface area contributed by atoms with Gasteiger partial charge in [0.15, 0.2) is 6.10 Å². The molecule has 12 nitrogen and oxygen atoms in total. The Balaban J connectivity index is 1.03. The van der Waals surface area contributed by atoms with Gasteiger partial charge < -0.3 is 39.9 Å². The van der Waals surface area contributed by atoms with Crippen molar-refractivity contribution in [1.82, 2.24) is 19.6 Å². The number of carboxylic acids is 1. The number of amides is 4. The Morgan fingerprint density at radius 3 is 2.26 bits per heavy atom. The molecule has 3 N–H and O–H groups in total. The number of aliphatic carboxylic acids is 1. The minimum absolute atomic E-state index is 0.0102. The van der Waals surface area contributed by atoms with Crippen LogP contribution in [0.5, 0.6) is 0 Å². The number of ether oxygens (including phenoxy) is 1. The van der Waals surface area contributed by atoms with Gasteiger partial charge in [-0.25, -0.2) is 9.59 Å². The fraction of sp³-hybridized carbons (Fsp3) is 0.622. The van der Waals surface area contributed by atoms with Crippen molar-refractivity contribution >= 4 is 37.5 Å². The molecule has 50 heavy (non-hydrogen) atoms. The molecule has 1 unspecified atom stereocenters. The summed E-state index contributed by atoms with van der Waals surface area (Å²) >= 11 is 0. The normalized spacial score (nSPS) is 23.7. The molecule has 13 heteroatoms. The van der Waals surface area contributed by atoms with Crippen molar-refractivity contribution < 1.29 is 34.1 Å². The molecule has 4 aliphatic heterocycles. The molecule has 1 aliphatic carbocycles. The number of carboxylic acid groups (broad SMARTS) is 1. The molecule has 0 spiro atoms. The molecule has 1 aromatic carbocycles. The monoisotopic (exact) mass is 689 g/mol. The summed E-state index contributed by atoms with van der Waals surface area (Å²) in [5, 5.41) is 22.3. The number of hydrogen-bond donors (Lipinski definition) is 3. The number of fused-ring (bicyclic) bond motifs is 1. The molecular formula is C37H52BN5O7. The standard InChI is InChI=1S/C37H52BN5O7/c38-30-23-25(5-6-32(30)44)24-33(35(47)41-18-9-27(10-19-41)26-7-15-40(16-8-26)17-14-34(45)46)50-37(49)42-20-12-29(13-21-42)43-22-11-28-3-1-2-4-31(28)39-36(43)48/h1-5,23,26-27,29,32-33,44H,6-22,24,38H2,(H,39,48)(H,45,46)/t32?,33-/m1/s1. The highest BCUT2D eigenvalue weighted by Crippen LogP contribution is 2.33. The largest absolute Gasteiger partial charge is 0.481 e. The maximum absolute atomic E-state index is 14.0. The van der Waals surface area contributed by atoms with E-state index in [4.69, 9.17) is 9.84 Å². The summed E-state index contributed by atoms with van der Waals surface area (Å²) < 4.78 is 6.05. The molecule has 0 saturated carbocycles. The first kappa shape index (κ1) is 36.0. The van der Waals surface area contributed by atoms with E-state index < -0.39 is 24.3 Å². The zero-order valence-electron chi connectivity index (χ0n) is 29.3. The van der Waals surface area contributed by atoms with E-state index in [9.17, 15) is 24.3 Å². The first-order valence-corrected chi connectivity index (χ1v) is 18.5. The van der Waals surface area contributed by atoms with Crippen LogP contribution in [0.2, 0.25) is 0 Å². The third-order valence-electron chi connectivity index (χ3n) is 11.6. The first-order valence-electron chi connectivity index (χ1n) is 18.5. The van der Waals surface area contributed by atoms with Crippen molar-refractivity contribution in [3.05, 3.63) is 53.0 Å². The minimum Gasteiger partial charge on any atom is -0.481 e. The maximum Gasteiger partial charge on any atom is 0.410 e. The summed E-state index contributed by atoms with van der Waals surface area (Å²) in [6.07, 6.45) is 8.67. The van der Waals surface area contributed by atoms with Crippen LogP contribution >= 0.6 is 0 Å². The van der Waals surface area contributed by atoms with Crippen LogP contribution in [-0.4, -0.2) is 132 Å². The fourth-order valence-corrected chi connectivity index (χ4v) is 8.42. The number of aliphatic hydroxyl groups excluding tert-OH is 1. The summed E-state index contributed by atoms with van der Waals surface area (Å²) in [4.78, 5) is 59.3. The van der Waals surface area contributed by atoms with Crippen LogP contribution in [0.3, 0.4) is 0 Å². The van der Waals surface area contributed by atoms with Gasteiger partial charge in [-0.3, -0.25) is 9.59 Å². The molecule has 270 valence electrons. The molecule has 0 aromatic heterocycles. The molecule has 0 radical (unpaired) electrons. The summed E-state index contributed by atoms with van der Waals surface area (Å²) in [7, 11) is 1.87. The van der Waals surface area contributed by atoms with Gasteiger partial charge in [0.05, 0.1) is 12.5 Å². The molecule has 3 saturated heterocycles. The lowest BCUT2D eigenvalue weighted by atomic mass is 9.78.